The fourth-order valence-corrected chi connectivity index (χ4v) is 3.12. The highest BCUT2D eigenvalue weighted by Gasteiger charge is 2.19. The first kappa shape index (κ1) is 11.7. The van der Waals surface area contributed by atoms with E-state index in [2.05, 4.69) is 26.3 Å². The molecule has 0 saturated carbocycles. The molecule has 2 heterocycles. The third-order valence-corrected chi connectivity index (χ3v) is 4.12. The predicted octanol–water partition coefficient (Wildman–Crippen LogP) is 2.60. The zero-order chi connectivity index (χ0) is 11.5. The molecule has 0 aliphatic carbocycles. The highest BCUT2D eigenvalue weighted by molar-refractivity contribution is 9.10. The van der Waals surface area contributed by atoms with Gasteiger partial charge in [-0.15, -0.1) is 11.3 Å². The molecule has 0 saturated heterocycles. The Bertz CT molecular complexity index is 488. The summed E-state index contributed by atoms with van der Waals surface area (Å²) in [5, 5.41) is 1.92. The number of nitrogens with one attached hydrogen (secondary N) is 1. The van der Waals surface area contributed by atoms with Gasteiger partial charge in [-0.3, -0.25) is 10.8 Å². The van der Waals surface area contributed by atoms with E-state index < -0.39 is 0 Å². The van der Waals surface area contributed by atoms with Crippen LogP contribution in [-0.2, 0) is 0 Å². The number of aromatic nitrogens is 1. The summed E-state index contributed by atoms with van der Waals surface area (Å²) in [6.45, 7) is 0. The Balaban J connectivity index is 2.45. The second-order valence-electron chi connectivity index (χ2n) is 3.13. The van der Waals surface area contributed by atoms with Crippen LogP contribution >= 0.6 is 27.3 Å². The highest BCUT2D eigenvalue weighted by Crippen LogP contribution is 2.33. The van der Waals surface area contributed by atoms with Crippen LogP contribution in [0.15, 0.2) is 34.4 Å². The Morgan fingerprint density at radius 2 is 2.31 bits per heavy atom. The lowest BCUT2D eigenvalue weighted by atomic mass is 10.1. The molecule has 0 radical (unpaired) electrons. The zero-order valence-corrected chi connectivity index (χ0v) is 10.6. The normalized spacial score (nSPS) is 12.7. The van der Waals surface area contributed by atoms with Crippen molar-refractivity contribution < 1.29 is 4.39 Å². The minimum atomic E-state index is -0.370. The SMILES string of the molecule is NNC(c1ccncc1F)c1sccc1Br. The van der Waals surface area contributed by atoms with E-state index in [0.717, 1.165) is 9.35 Å². The summed E-state index contributed by atoms with van der Waals surface area (Å²) < 4.78 is 14.5. The van der Waals surface area contributed by atoms with Crippen LogP contribution < -0.4 is 11.3 Å². The number of nitrogens with two attached hydrogens (primary N) is 1. The number of halogens is 2. The molecule has 0 amide bonds. The standard InChI is InChI=1S/C10H9BrFN3S/c11-7-2-4-16-10(7)9(15-13)6-1-3-14-5-8(6)12/h1-5,9,15H,13H2. The van der Waals surface area contributed by atoms with Gasteiger partial charge in [0, 0.05) is 21.1 Å². The van der Waals surface area contributed by atoms with Crippen molar-refractivity contribution >= 4 is 27.3 Å². The number of nitrogens with zero attached hydrogens (tertiary/aromatic N) is 1. The Labute approximate surface area is 105 Å². The first-order valence-electron chi connectivity index (χ1n) is 4.52. The number of hydrogen-bond donors (Lipinski definition) is 2. The van der Waals surface area contributed by atoms with E-state index in [0.29, 0.717) is 5.56 Å². The maximum atomic E-state index is 13.6. The Hall–Kier alpha value is -0.820. The monoisotopic (exact) mass is 301 g/mol. The quantitative estimate of drug-likeness (QED) is 0.677. The zero-order valence-electron chi connectivity index (χ0n) is 8.15. The molecule has 3 N–H and O–H groups in total. The molecule has 0 aliphatic rings. The summed E-state index contributed by atoms with van der Waals surface area (Å²) in [6.07, 6.45) is 2.73. The third kappa shape index (κ3) is 2.15. The predicted molar refractivity (Wildman–Crippen MR) is 65.4 cm³/mol. The molecule has 0 aliphatic heterocycles. The van der Waals surface area contributed by atoms with Gasteiger partial charge >= 0.3 is 0 Å². The molecule has 84 valence electrons. The largest absolute Gasteiger partial charge is 0.271 e. The van der Waals surface area contributed by atoms with Gasteiger partial charge in [0.2, 0.25) is 0 Å². The van der Waals surface area contributed by atoms with Crippen molar-refractivity contribution in [2.45, 2.75) is 6.04 Å². The minimum absolute atomic E-state index is 0.364. The van der Waals surface area contributed by atoms with Gasteiger partial charge in [0.25, 0.3) is 0 Å². The summed E-state index contributed by atoms with van der Waals surface area (Å²) in [4.78, 5) is 4.65. The van der Waals surface area contributed by atoms with Crippen molar-refractivity contribution in [2.75, 3.05) is 0 Å². The average molecular weight is 302 g/mol. The van der Waals surface area contributed by atoms with E-state index in [1.165, 1.54) is 17.5 Å². The molecular weight excluding hydrogens is 293 g/mol. The first-order chi connectivity index (χ1) is 7.74. The highest BCUT2D eigenvalue weighted by atomic mass is 79.9. The second kappa shape index (κ2) is 5.01. The molecule has 2 rings (SSSR count). The van der Waals surface area contributed by atoms with Crippen molar-refractivity contribution in [1.29, 1.82) is 0 Å². The summed E-state index contributed by atoms with van der Waals surface area (Å²) in [6, 6.07) is 3.16. The first-order valence-corrected chi connectivity index (χ1v) is 6.19. The molecule has 6 heteroatoms. The van der Waals surface area contributed by atoms with Gasteiger partial charge < -0.3 is 0 Å². The molecule has 2 aromatic heterocycles. The number of hydrogen-bond acceptors (Lipinski definition) is 4. The molecule has 0 fully saturated rings. The molecular formula is C10H9BrFN3S. The van der Waals surface area contributed by atoms with Crippen molar-refractivity contribution in [3.05, 3.63) is 50.6 Å². The summed E-state index contributed by atoms with van der Waals surface area (Å²) >= 11 is 4.92. The smallest absolute Gasteiger partial charge is 0.146 e. The maximum absolute atomic E-state index is 13.6. The minimum Gasteiger partial charge on any atom is -0.271 e. The van der Waals surface area contributed by atoms with E-state index >= 15 is 0 Å². The average Bonchev–Trinajstić information content (AvgIpc) is 2.69. The van der Waals surface area contributed by atoms with E-state index in [9.17, 15) is 4.39 Å². The topological polar surface area (TPSA) is 50.9 Å². The Kier molecular flexibility index (Phi) is 3.65. The Morgan fingerprint density at radius 1 is 1.50 bits per heavy atom. The maximum Gasteiger partial charge on any atom is 0.146 e. The van der Waals surface area contributed by atoms with E-state index in [1.807, 2.05) is 11.4 Å². The van der Waals surface area contributed by atoms with Crippen molar-refractivity contribution in [3.63, 3.8) is 0 Å². The number of thiophene rings is 1. The Morgan fingerprint density at radius 3 is 2.88 bits per heavy atom. The van der Waals surface area contributed by atoms with Crippen molar-refractivity contribution in [2.24, 2.45) is 5.84 Å². The third-order valence-electron chi connectivity index (χ3n) is 2.19. The van der Waals surface area contributed by atoms with Gasteiger partial charge in [0.05, 0.1) is 12.2 Å². The van der Waals surface area contributed by atoms with Crippen LogP contribution in [0.5, 0.6) is 0 Å². The van der Waals surface area contributed by atoms with Gasteiger partial charge in [-0.05, 0) is 33.4 Å². The molecule has 16 heavy (non-hydrogen) atoms. The summed E-state index contributed by atoms with van der Waals surface area (Å²) in [5.41, 5.74) is 3.10. The van der Waals surface area contributed by atoms with Gasteiger partial charge in [-0.1, -0.05) is 0 Å². The van der Waals surface area contributed by atoms with Crippen molar-refractivity contribution in [3.8, 4) is 0 Å². The van der Waals surface area contributed by atoms with E-state index in [1.54, 1.807) is 12.3 Å². The van der Waals surface area contributed by atoms with Crippen LogP contribution in [-0.4, -0.2) is 4.98 Å². The van der Waals surface area contributed by atoms with Gasteiger partial charge in [-0.2, -0.15) is 0 Å². The molecule has 2 aromatic rings. The fourth-order valence-electron chi connectivity index (χ4n) is 1.44. The van der Waals surface area contributed by atoms with Gasteiger partial charge in [-0.25, -0.2) is 9.82 Å². The van der Waals surface area contributed by atoms with E-state index in [4.69, 9.17) is 5.84 Å². The van der Waals surface area contributed by atoms with Gasteiger partial charge in [0.15, 0.2) is 0 Å². The number of hydrazine groups is 1. The van der Waals surface area contributed by atoms with Crippen molar-refractivity contribution in [1.82, 2.24) is 10.4 Å². The summed E-state index contributed by atoms with van der Waals surface area (Å²) in [7, 11) is 0. The van der Waals surface area contributed by atoms with Crippen LogP contribution in [0.1, 0.15) is 16.5 Å². The molecule has 1 unspecified atom stereocenters. The lowest BCUT2D eigenvalue weighted by Gasteiger charge is -2.15. The molecule has 1 atom stereocenters. The fraction of sp³-hybridized carbons (Fsp3) is 0.100. The number of pyridine rings is 1. The molecule has 0 spiro atoms. The lowest BCUT2D eigenvalue weighted by Crippen LogP contribution is -2.29. The van der Waals surface area contributed by atoms with Crippen LogP contribution in [0, 0.1) is 5.82 Å². The lowest BCUT2D eigenvalue weighted by molar-refractivity contribution is 0.559. The molecule has 3 nitrogen and oxygen atoms in total. The van der Waals surface area contributed by atoms with Crippen LogP contribution in [0.2, 0.25) is 0 Å². The molecule has 0 aromatic carbocycles. The van der Waals surface area contributed by atoms with Crippen LogP contribution in [0.3, 0.4) is 0 Å². The number of rotatable bonds is 3. The second-order valence-corrected chi connectivity index (χ2v) is 4.93. The summed E-state index contributed by atoms with van der Waals surface area (Å²) in [5.74, 6) is 5.11. The van der Waals surface area contributed by atoms with Crippen LogP contribution in [0.25, 0.3) is 0 Å². The van der Waals surface area contributed by atoms with E-state index in [-0.39, 0.29) is 11.9 Å². The van der Waals surface area contributed by atoms with Crippen LogP contribution in [0.4, 0.5) is 4.39 Å². The van der Waals surface area contributed by atoms with Gasteiger partial charge in [0.1, 0.15) is 5.82 Å². The molecule has 0 bridgehead atoms.